The lowest BCUT2D eigenvalue weighted by atomic mass is 10.2. The summed E-state index contributed by atoms with van der Waals surface area (Å²) in [6.45, 7) is 6.08. The summed E-state index contributed by atoms with van der Waals surface area (Å²) in [5.41, 5.74) is -3.12. The Kier molecular flexibility index (Phi) is 6.39. The van der Waals surface area contributed by atoms with E-state index in [9.17, 15) is 27.4 Å². The molecule has 176 valence electrons. The number of nitriles is 1. The van der Waals surface area contributed by atoms with Gasteiger partial charge in [0.1, 0.15) is 28.7 Å². The Labute approximate surface area is 190 Å². The van der Waals surface area contributed by atoms with Gasteiger partial charge in [0.25, 0.3) is 5.56 Å². The maximum absolute atomic E-state index is 13.5. The van der Waals surface area contributed by atoms with Crippen LogP contribution in [0.2, 0.25) is 0 Å². The number of rotatable bonds is 6. The van der Waals surface area contributed by atoms with Gasteiger partial charge in [0.15, 0.2) is 11.4 Å². The Morgan fingerprint density at radius 3 is 2.45 bits per heavy atom. The van der Waals surface area contributed by atoms with Crippen LogP contribution in [0.5, 0.6) is 5.75 Å². The lowest BCUT2D eigenvalue weighted by Gasteiger charge is -2.19. The number of aryl methyl sites for hydroxylation is 1. The van der Waals surface area contributed by atoms with E-state index in [1.165, 1.54) is 30.8 Å². The highest BCUT2D eigenvalue weighted by Gasteiger charge is 2.36. The number of imidazole rings is 1. The second-order valence-corrected chi connectivity index (χ2v) is 9.39. The molecule has 0 radical (unpaired) electrons. The van der Waals surface area contributed by atoms with Gasteiger partial charge in [-0.25, -0.2) is 9.97 Å². The van der Waals surface area contributed by atoms with E-state index in [1.54, 1.807) is 20.8 Å². The average molecular weight is 482 g/mol. The Balaban J connectivity index is 2.29. The van der Waals surface area contributed by atoms with E-state index in [-0.39, 0.29) is 45.5 Å². The molecule has 1 atom stereocenters. The largest absolute Gasteiger partial charge is 0.471 e. The fourth-order valence-electron chi connectivity index (χ4n) is 3.38. The number of aromatic nitrogens is 4. The van der Waals surface area contributed by atoms with Crippen LogP contribution in [0.15, 0.2) is 28.0 Å². The van der Waals surface area contributed by atoms with Gasteiger partial charge in [-0.15, -0.1) is 0 Å². The third-order valence-corrected chi connectivity index (χ3v) is 6.26. The lowest BCUT2D eigenvalue weighted by molar-refractivity contribution is -0.144. The molecule has 3 aromatic heterocycles. The molecule has 3 aromatic rings. The Morgan fingerprint density at radius 1 is 1.24 bits per heavy atom. The Hall–Kier alpha value is -3.20. The van der Waals surface area contributed by atoms with Crippen molar-refractivity contribution < 1.29 is 22.1 Å². The summed E-state index contributed by atoms with van der Waals surface area (Å²) >= 11 is 0. The number of fused-ring (bicyclic) bond motifs is 1. The van der Waals surface area contributed by atoms with Crippen LogP contribution in [-0.4, -0.2) is 34.7 Å². The number of nitrogens with zero attached hydrogens (tertiary/aromatic N) is 5. The highest BCUT2D eigenvalue weighted by molar-refractivity contribution is 7.85. The third kappa shape index (κ3) is 4.50. The van der Waals surface area contributed by atoms with Crippen LogP contribution < -0.4 is 10.3 Å². The number of hydrogen-bond acceptors (Lipinski definition) is 6. The highest BCUT2D eigenvalue weighted by Crippen LogP contribution is 2.33. The molecular weight excluding hydrogens is 459 g/mol. The molecule has 3 rings (SSSR count). The maximum atomic E-state index is 13.5. The first-order valence-electron chi connectivity index (χ1n) is 10.0. The van der Waals surface area contributed by atoms with E-state index in [0.29, 0.717) is 4.57 Å². The van der Waals surface area contributed by atoms with E-state index in [2.05, 4.69) is 9.97 Å². The zero-order chi connectivity index (χ0) is 24.7. The quantitative estimate of drug-likeness (QED) is 0.533. The topological polar surface area (TPSA) is 103 Å². The fourth-order valence-corrected chi connectivity index (χ4v) is 4.29. The van der Waals surface area contributed by atoms with Crippen molar-refractivity contribution in [3.05, 3.63) is 34.4 Å². The van der Waals surface area contributed by atoms with Crippen molar-refractivity contribution in [2.24, 2.45) is 7.05 Å². The van der Waals surface area contributed by atoms with Crippen LogP contribution in [0.3, 0.4) is 0 Å². The summed E-state index contributed by atoms with van der Waals surface area (Å²) in [7, 11) is -0.0559. The van der Waals surface area contributed by atoms with Gasteiger partial charge in [0, 0.05) is 25.4 Å². The average Bonchev–Trinajstić information content (AvgIpc) is 3.08. The number of pyridine rings is 2. The van der Waals surface area contributed by atoms with Crippen molar-refractivity contribution in [3.8, 4) is 23.3 Å². The normalized spacial score (nSPS) is 13.2. The first kappa shape index (κ1) is 24.4. The van der Waals surface area contributed by atoms with Gasteiger partial charge in [-0.3, -0.25) is 9.00 Å². The first-order chi connectivity index (χ1) is 15.3. The zero-order valence-corrected chi connectivity index (χ0v) is 19.5. The van der Waals surface area contributed by atoms with Crippen molar-refractivity contribution in [3.63, 3.8) is 0 Å². The van der Waals surface area contributed by atoms with Gasteiger partial charge in [-0.05, 0) is 26.8 Å². The summed E-state index contributed by atoms with van der Waals surface area (Å²) in [6, 6.07) is 4.28. The standard InChI is InChI=1S/C21H22F3N5O3S/c1-6-29-15(21(22,23)24)9-13-17(19(29)30)28(5)18(27-13)16-14(33(31)7-2)8-12(10-26-16)32-20(3,4)11-25/h8-10H,6-7H2,1-5H3/t33-/m1/s1. The van der Waals surface area contributed by atoms with Crippen LogP contribution in [0.4, 0.5) is 13.2 Å². The van der Waals surface area contributed by atoms with Crippen LogP contribution in [0.25, 0.3) is 22.6 Å². The third-order valence-electron chi connectivity index (χ3n) is 4.93. The molecule has 0 aromatic carbocycles. The highest BCUT2D eigenvalue weighted by atomic mass is 32.2. The van der Waals surface area contributed by atoms with Gasteiger partial charge in [-0.1, -0.05) is 6.92 Å². The second-order valence-electron chi connectivity index (χ2n) is 7.68. The number of halogens is 3. The minimum atomic E-state index is -4.74. The number of alkyl halides is 3. The minimum Gasteiger partial charge on any atom is -0.471 e. The van der Waals surface area contributed by atoms with Gasteiger partial charge in [0.05, 0.1) is 27.4 Å². The lowest BCUT2D eigenvalue weighted by Crippen LogP contribution is -2.28. The van der Waals surface area contributed by atoms with E-state index in [4.69, 9.17) is 4.74 Å². The van der Waals surface area contributed by atoms with Crippen molar-refractivity contribution in [2.75, 3.05) is 5.75 Å². The molecule has 0 amide bonds. The SMILES string of the molecule is CCn1c(C(F)(F)F)cc2nc(-c3ncc(OC(C)(C)C#N)cc3[S@](=O)CC)n(C)c2c1=O. The van der Waals surface area contributed by atoms with Crippen LogP contribution in [0.1, 0.15) is 33.4 Å². The molecule has 0 aliphatic carbocycles. The molecule has 0 spiro atoms. The van der Waals surface area contributed by atoms with Crippen LogP contribution in [-0.2, 0) is 30.6 Å². The molecule has 8 nitrogen and oxygen atoms in total. The molecule has 3 heterocycles. The Bertz CT molecular complexity index is 1350. The maximum Gasteiger partial charge on any atom is 0.431 e. The summed E-state index contributed by atoms with van der Waals surface area (Å²) in [4.78, 5) is 21.7. The molecule has 0 aliphatic heterocycles. The molecular formula is C21H22F3N5O3S. The van der Waals surface area contributed by atoms with Crippen LogP contribution >= 0.6 is 0 Å². The molecule has 0 bridgehead atoms. The minimum absolute atomic E-state index is 0.0270. The summed E-state index contributed by atoms with van der Waals surface area (Å²) < 4.78 is 60.9. The van der Waals surface area contributed by atoms with Gasteiger partial charge < -0.3 is 13.9 Å². The molecule has 33 heavy (non-hydrogen) atoms. The fraction of sp³-hybridized carbons (Fsp3) is 0.429. The van der Waals surface area contributed by atoms with E-state index in [0.717, 1.165) is 6.07 Å². The van der Waals surface area contributed by atoms with E-state index >= 15 is 0 Å². The van der Waals surface area contributed by atoms with Crippen molar-refractivity contribution >= 4 is 21.8 Å². The van der Waals surface area contributed by atoms with Crippen molar-refractivity contribution in [1.82, 2.24) is 19.1 Å². The van der Waals surface area contributed by atoms with Gasteiger partial charge in [0.2, 0.25) is 0 Å². The van der Waals surface area contributed by atoms with Gasteiger partial charge >= 0.3 is 6.18 Å². The van der Waals surface area contributed by atoms with Crippen molar-refractivity contribution in [2.45, 2.75) is 50.9 Å². The monoisotopic (exact) mass is 481 g/mol. The molecule has 0 aliphatic rings. The molecule has 0 saturated carbocycles. The second kappa shape index (κ2) is 8.62. The predicted molar refractivity (Wildman–Crippen MR) is 116 cm³/mol. The summed E-state index contributed by atoms with van der Waals surface area (Å²) in [5, 5.41) is 9.20. The summed E-state index contributed by atoms with van der Waals surface area (Å²) in [5.74, 6) is 0.519. The zero-order valence-electron chi connectivity index (χ0n) is 18.6. The molecule has 0 unspecified atom stereocenters. The first-order valence-corrected chi connectivity index (χ1v) is 11.3. The molecule has 0 fully saturated rings. The van der Waals surface area contributed by atoms with Gasteiger partial charge in [-0.2, -0.15) is 18.4 Å². The van der Waals surface area contributed by atoms with Crippen molar-refractivity contribution in [1.29, 1.82) is 5.26 Å². The predicted octanol–water partition coefficient (Wildman–Crippen LogP) is 3.64. The van der Waals surface area contributed by atoms with Crippen LogP contribution in [0, 0.1) is 11.3 Å². The Morgan fingerprint density at radius 2 is 1.91 bits per heavy atom. The molecule has 0 N–H and O–H groups in total. The number of hydrogen-bond donors (Lipinski definition) is 0. The smallest absolute Gasteiger partial charge is 0.431 e. The molecule has 12 heteroatoms. The number of ether oxygens (including phenoxy) is 1. The van der Waals surface area contributed by atoms with E-state index < -0.39 is 33.8 Å². The summed E-state index contributed by atoms with van der Waals surface area (Å²) in [6.07, 6.45) is -3.42. The van der Waals surface area contributed by atoms with E-state index in [1.807, 2.05) is 6.07 Å². The molecule has 0 saturated heterocycles.